The van der Waals surface area contributed by atoms with E-state index >= 15 is 0 Å². The highest BCUT2D eigenvalue weighted by molar-refractivity contribution is 6.00. The fraction of sp³-hybridized carbons (Fsp3) is 0.636. The molecule has 0 spiro atoms. The summed E-state index contributed by atoms with van der Waals surface area (Å²) in [6, 6.07) is 0. The first-order chi connectivity index (χ1) is 5.91. The Labute approximate surface area is 79.0 Å². The van der Waals surface area contributed by atoms with Crippen molar-refractivity contribution < 1.29 is 9.59 Å². The van der Waals surface area contributed by atoms with Crippen LogP contribution in [0.3, 0.4) is 0 Å². The third kappa shape index (κ3) is 2.79. The van der Waals surface area contributed by atoms with Crippen LogP contribution in [0.25, 0.3) is 0 Å². The van der Waals surface area contributed by atoms with Gasteiger partial charge in [-0.2, -0.15) is 0 Å². The molecule has 13 heavy (non-hydrogen) atoms. The Morgan fingerprint density at radius 2 is 2.15 bits per heavy atom. The Morgan fingerprint density at radius 1 is 1.54 bits per heavy atom. The highest BCUT2D eigenvalue weighted by Crippen LogP contribution is 2.32. The number of ketones is 2. The maximum Gasteiger partial charge on any atom is 0.159 e. The molecule has 0 atom stereocenters. The molecule has 72 valence electrons. The van der Waals surface area contributed by atoms with Crippen molar-refractivity contribution in [3.8, 4) is 0 Å². The van der Waals surface area contributed by atoms with Gasteiger partial charge in [0.25, 0.3) is 0 Å². The molecule has 0 N–H and O–H groups in total. The smallest absolute Gasteiger partial charge is 0.159 e. The number of allylic oxidation sites excluding steroid dienone is 2. The molecule has 0 unspecified atom stereocenters. The van der Waals surface area contributed by atoms with Gasteiger partial charge in [-0.15, -0.1) is 0 Å². The summed E-state index contributed by atoms with van der Waals surface area (Å²) in [5.41, 5.74) is 0.795. The summed E-state index contributed by atoms with van der Waals surface area (Å²) in [5, 5.41) is 0. The Balaban J connectivity index is 2.73. The largest absolute Gasteiger partial charge is 0.300 e. The molecule has 0 saturated carbocycles. The monoisotopic (exact) mass is 180 g/mol. The average molecular weight is 180 g/mol. The van der Waals surface area contributed by atoms with E-state index in [1.165, 1.54) is 6.92 Å². The van der Waals surface area contributed by atoms with Crippen molar-refractivity contribution in [1.29, 1.82) is 0 Å². The second-order valence-corrected chi connectivity index (χ2v) is 4.58. The minimum atomic E-state index is 0.0688. The molecule has 0 radical (unpaired) electrons. The Kier molecular flexibility index (Phi) is 2.69. The zero-order valence-corrected chi connectivity index (χ0v) is 8.52. The van der Waals surface area contributed by atoms with Crippen LogP contribution in [-0.4, -0.2) is 11.6 Å². The molecular formula is C11H16O2. The lowest BCUT2D eigenvalue weighted by molar-refractivity contribution is -0.121. The van der Waals surface area contributed by atoms with E-state index in [2.05, 4.69) is 13.8 Å². The lowest BCUT2D eigenvalue weighted by Crippen LogP contribution is -2.23. The van der Waals surface area contributed by atoms with Crippen LogP contribution in [0.5, 0.6) is 0 Å². The SMILES string of the molecule is CC(=O)CC1=CCC(C)(C)CC1=O. The number of carbonyl (C=O) groups is 2. The number of hydrogen-bond donors (Lipinski definition) is 0. The van der Waals surface area contributed by atoms with Crippen molar-refractivity contribution in [2.75, 3.05) is 0 Å². The highest BCUT2D eigenvalue weighted by atomic mass is 16.1. The van der Waals surface area contributed by atoms with E-state index in [1.807, 2.05) is 6.08 Å². The summed E-state index contributed by atoms with van der Waals surface area (Å²) in [7, 11) is 0. The van der Waals surface area contributed by atoms with Gasteiger partial charge >= 0.3 is 0 Å². The molecule has 1 aliphatic carbocycles. The van der Waals surface area contributed by atoms with Gasteiger partial charge in [0.15, 0.2) is 5.78 Å². The Bertz CT molecular complexity index is 272. The quantitative estimate of drug-likeness (QED) is 0.653. The van der Waals surface area contributed by atoms with Gasteiger partial charge in [-0.25, -0.2) is 0 Å². The summed E-state index contributed by atoms with van der Waals surface area (Å²) in [5.74, 6) is 0.214. The maximum absolute atomic E-state index is 11.5. The Hall–Kier alpha value is -0.920. The van der Waals surface area contributed by atoms with Gasteiger partial charge in [0, 0.05) is 12.8 Å². The predicted molar refractivity (Wildman–Crippen MR) is 51.4 cm³/mol. The first-order valence-corrected chi connectivity index (χ1v) is 4.62. The lowest BCUT2D eigenvalue weighted by Gasteiger charge is -2.27. The summed E-state index contributed by atoms with van der Waals surface area (Å²) in [6.45, 7) is 5.67. The molecule has 1 rings (SSSR count). The van der Waals surface area contributed by atoms with Crippen LogP contribution in [0.1, 0.15) is 40.0 Å². The summed E-state index contributed by atoms with van der Waals surface area (Å²) >= 11 is 0. The van der Waals surface area contributed by atoms with Gasteiger partial charge in [0.2, 0.25) is 0 Å². The van der Waals surface area contributed by atoms with Crippen molar-refractivity contribution >= 4 is 11.6 Å². The molecular weight excluding hydrogens is 164 g/mol. The minimum absolute atomic E-state index is 0.0688. The minimum Gasteiger partial charge on any atom is -0.300 e. The zero-order chi connectivity index (χ0) is 10.1. The summed E-state index contributed by atoms with van der Waals surface area (Å²) in [6.07, 6.45) is 3.72. The van der Waals surface area contributed by atoms with Crippen LogP contribution in [0.2, 0.25) is 0 Å². The van der Waals surface area contributed by atoms with Gasteiger partial charge < -0.3 is 0 Å². The van der Waals surface area contributed by atoms with E-state index in [9.17, 15) is 9.59 Å². The van der Waals surface area contributed by atoms with Crippen molar-refractivity contribution in [2.24, 2.45) is 5.41 Å². The van der Waals surface area contributed by atoms with Crippen molar-refractivity contribution in [3.05, 3.63) is 11.6 Å². The normalized spacial score (nSPS) is 21.2. The Morgan fingerprint density at radius 3 is 2.62 bits per heavy atom. The maximum atomic E-state index is 11.5. The number of Topliss-reactive ketones (excluding diaryl/α,β-unsaturated/α-hetero) is 2. The molecule has 0 saturated heterocycles. The molecule has 0 amide bonds. The molecule has 2 nitrogen and oxygen atoms in total. The molecule has 0 aliphatic heterocycles. The van der Waals surface area contributed by atoms with Crippen LogP contribution in [0.4, 0.5) is 0 Å². The van der Waals surface area contributed by atoms with E-state index < -0.39 is 0 Å². The molecule has 0 aromatic carbocycles. The average Bonchev–Trinajstić information content (AvgIpc) is 1.93. The van der Waals surface area contributed by atoms with Crippen LogP contribution in [0.15, 0.2) is 11.6 Å². The van der Waals surface area contributed by atoms with Gasteiger partial charge in [-0.1, -0.05) is 19.9 Å². The number of hydrogen-bond acceptors (Lipinski definition) is 2. The third-order valence-corrected chi connectivity index (χ3v) is 2.34. The van der Waals surface area contributed by atoms with Crippen LogP contribution >= 0.6 is 0 Å². The third-order valence-electron chi connectivity index (χ3n) is 2.34. The molecule has 0 aromatic heterocycles. The molecule has 0 bridgehead atoms. The lowest BCUT2D eigenvalue weighted by atomic mass is 9.77. The number of carbonyl (C=O) groups excluding carboxylic acids is 2. The summed E-state index contributed by atoms with van der Waals surface area (Å²) < 4.78 is 0. The first-order valence-electron chi connectivity index (χ1n) is 4.62. The van der Waals surface area contributed by atoms with Gasteiger partial charge in [-0.3, -0.25) is 9.59 Å². The summed E-state index contributed by atoms with van der Waals surface area (Å²) in [4.78, 5) is 22.4. The molecule has 2 heteroatoms. The van der Waals surface area contributed by atoms with Crippen LogP contribution in [0, 0.1) is 5.41 Å². The van der Waals surface area contributed by atoms with Gasteiger partial charge in [0.05, 0.1) is 0 Å². The standard InChI is InChI=1S/C11H16O2/c1-8(12)6-9-4-5-11(2,3)7-10(9)13/h4H,5-7H2,1-3H3. The fourth-order valence-corrected chi connectivity index (χ4v) is 1.57. The van der Waals surface area contributed by atoms with E-state index in [-0.39, 0.29) is 17.0 Å². The molecule has 0 fully saturated rings. The van der Waals surface area contributed by atoms with Gasteiger partial charge in [-0.05, 0) is 24.3 Å². The molecule has 0 aromatic rings. The van der Waals surface area contributed by atoms with E-state index in [4.69, 9.17) is 0 Å². The van der Waals surface area contributed by atoms with Crippen molar-refractivity contribution in [3.63, 3.8) is 0 Å². The van der Waals surface area contributed by atoms with Crippen molar-refractivity contribution in [1.82, 2.24) is 0 Å². The van der Waals surface area contributed by atoms with Crippen molar-refractivity contribution in [2.45, 2.75) is 40.0 Å². The zero-order valence-electron chi connectivity index (χ0n) is 8.52. The topological polar surface area (TPSA) is 34.1 Å². The molecule has 1 aliphatic rings. The highest BCUT2D eigenvalue weighted by Gasteiger charge is 2.27. The number of rotatable bonds is 2. The van der Waals surface area contributed by atoms with Gasteiger partial charge in [0.1, 0.15) is 5.78 Å². The van der Waals surface area contributed by atoms with E-state index in [0.717, 1.165) is 6.42 Å². The van der Waals surface area contributed by atoms with E-state index in [0.29, 0.717) is 18.4 Å². The van der Waals surface area contributed by atoms with E-state index in [1.54, 1.807) is 0 Å². The fourth-order valence-electron chi connectivity index (χ4n) is 1.57. The van der Waals surface area contributed by atoms with Crippen LogP contribution in [-0.2, 0) is 9.59 Å². The molecule has 0 heterocycles. The first kappa shape index (κ1) is 10.2. The second kappa shape index (κ2) is 3.44. The second-order valence-electron chi connectivity index (χ2n) is 4.58. The van der Waals surface area contributed by atoms with Crippen LogP contribution < -0.4 is 0 Å². The predicted octanol–water partition coefficient (Wildman–Crippen LogP) is 2.28.